The molecule has 2 nitrogen and oxygen atoms in total. The molecular formula is C15H12F2INO. The normalized spacial score (nSPS) is 16.6. The van der Waals surface area contributed by atoms with Crippen molar-refractivity contribution in [3.63, 3.8) is 0 Å². The number of hydrogen-bond donors (Lipinski definition) is 1. The second-order valence-electron chi connectivity index (χ2n) is 4.70. The Morgan fingerprint density at radius 3 is 2.70 bits per heavy atom. The molecule has 0 saturated carbocycles. The zero-order valence-electron chi connectivity index (χ0n) is 10.5. The van der Waals surface area contributed by atoms with E-state index in [2.05, 4.69) is 27.9 Å². The summed E-state index contributed by atoms with van der Waals surface area (Å²) >= 11 is 2.08. The van der Waals surface area contributed by atoms with Crippen molar-refractivity contribution in [1.82, 2.24) is 0 Å². The molecule has 0 radical (unpaired) electrons. The van der Waals surface area contributed by atoms with Gasteiger partial charge in [0.15, 0.2) is 0 Å². The van der Waals surface area contributed by atoms with Gasteiger partial charge in [-0.1, -0.05) is 0 Å². The minimum absolute atomic E-state index is 0.0346. The molecular weight excluding hydrogens is 375 g/mol. The third-order valence-electron chi connectivity index (χ3n) is 3.22. The van der Waals surface area contributed by atoms with Crippen LogP contribution in [0.25, 0.3) is 0 Å². The first-order valence-electron chi connectivity index (χ1n) is 6.26. The molecule has 0 saturated heterocycles. The summed E-state index contributed by atoms with van der Waals surface area (Å²) in [5.74, 6) is 0.251. The van der Waals surface area contributed by atoms with Crippen LogP contribution in [0.3, 0.4) is 0 Å². The molecule has 2 aromatic rings. The van der Waals surface area contributed by atoms with Crippen LogP contribution >= 0.6 is 22.6 Å². The molecule has 104 valence electrons. The fourth-order valence-corrected chi connectivity index (χ4v) is 2.93. The maximum Gasteiger partial charge on any atom is 0.124 e. The van der Waals surface area contributed by atoms with E-state index in [9.17, 15) is 8.78 Å². The molecule has 3 rings (SSSR count). The van der Waals surface area contributed by atoms with Crippen LogP contribution in [0.5, 0.6) is 5.75 Å². The van der Waals surface area contributed by atoms with Crippen LogP contribution < -0.4 is 10.1 Å². The highest BCUT2D eigenvalue weighted by Crippen LogP contribution is 2.29. The summed E-state index contributed by atoms with van der Waals surface area (Å²) in [7, 11) is 0. The molecule has 0 aromatic heterocycles. The van der Waals surface area contributed by atoms with Gasteiger partial charge in [0.25, 0.3) is 0 Å². The summed E-state index contributed by atoms with van der Waals surface area (Å²) < 4.78 is 32.7. The fourth-order valence-electron chi connectivity index (χ4n) is 2.26. The van der Waals surface area contributed by atoms with E-state index < -0.39 is 0 Å². The molecule has 20 heavy (non-hydrogen) atoms. The summed E-state index contributed by atoms with van der Waals surface area (Å²) in [6, 6.07) is 9.17. The van der Waals surface area contributed by atoms with Crippen molar-refractivity contribution >= 4 is 28.3 Å². The lowest BCUT2D eigenvalue weighted by molar-refractivity contribution is 0.246. The summed E-state index contributed by atoms with van der Waals surface area (Å²) in [5, 5.41) is 3.24. The van der Waals surface area contributed by atoms with E-state index in [-0.39, 0.29) is 17.7 Å². The number of fused-ring (bicyclic) bond motifs is 1. The molecule has 0 bridgehead atoms. The van der Waals surface area contributed by atoms with Gasteiger partial charge in [0.05, 0.1) is 6.54 Å². The van der Waals surface area contributed by atoms with Crippen LogP contribution in [0.2, 0.25) is 0 Å². The highest BCUT2D eigenvalue weighted by molar-refractivity contribution is 14.1. The molecule has 0 aliphatic carbocycles. The first kappa shape index (κ1) is 13.6. The third-order valence-corrected chi connectivity index (χ3v) is 4.11. The van der Waals surface area contributed by atoms with Gasteiger partial charge in [0.2, 0.25) is 0 Å². The lowest BCUT2D eigenvalue weighted by Gasteiger charge is -2.14. The Bertz CT molecular complexity index is 648. The molecule has 5 heteroatoms. The van der Waals surface area contributed by atoms with Gasteiger partial charge in [0.1, 0.15) is 23.5 Å². The Morgan fingerprint density at radius 1 is 1.15 bits per heavy atom. The van der Waals surface area contributed by atoms with E-state index in [0.29, 0.717) is 13.0 Å². The number of nitrogens with one attached hydrogen (secondary N) is 1. The van der Waals surface area contributed by atoms with Crippen molar-refractivity contribution in [3.05, 3.63) is 57.2 Å². The van der Waals surface area contributed by atoms with Gasteiger partial charge in [0, 0.05) is 21.2 Å². The lowest BCUT2D eigenvalue weighted by Crippen LogP contribution is -2.24. The quantitative estimate of drug-likeness (QED) is 0.805. The Morgan fingerprint density at radius 2 is 1.90 bits per heavy atom. The second-order valence-corrected chi connectivity index (χ2v) is 5.86. The summed E-state index contributed by atoms with van der Waals surface area (Å²) in [4.78, 5) is 0. The SMILES string of the molecule is Fc1ccc(NCC2Cc3cc(F)ccc3O2)c(I)c1. The fraction of sp³-hybridized carbons (Fsp3) is 0.200. The zero-order valence-corrected chi connectivity index (χ0v) is 12.7. The van der Waals surface area contributed by atoms with E-state index in [0.717, 1.165) is 20.6 Å². The van der Waals surface area contributed by atoms with E-state index in [1.54, 1.807) is 12.1 Å². The van der Waals surface area contributed by atoms with Gasteiger partial charge in [-0.3, -0.25) is 0 Å². The smallest absolute Gasteiger partial charge is 0.124 e. The van der Waals surface area contributed by atoms with Crippen LogP contribution in [-0.4, -0.2) is 12.6 Å². The van der Waals surface area contributed by atoms with E-state index in [1.165, 1.54) is 24.3 Å². The third kappa shape index (κ3) is 2.87. The summed E-state index contributed by atoms with van der Waals surface area (Å²) in [6.07, 6.45) is 0.644. The Hall–Kier alpha value is -1.37. The lowest BCUT2D eigenvalue weighted by atomic mass is 10.1. The van der Waals surface area contributed by atoms with Crippen molar-refractivity contribution in [2.45, 2.75) is 12.5 Å². The highest BCUT2D eigenvalue weighted by atomic mass is 127. The predicted octanol–water partition coefficient (Wildman–Crippen LogP) is 3.99. The molecule has 1 atom stereocenters. The average Bonchev–Trinajstić information content (AvgIpc) is 2.79. The number of benzene rings is 2. The monoisotopic (exact) mass is 387 g/mol. The van der Waals surface area contributed by atoms with Crippen molar-refractivity contribution < 1.29 is 13.5 Å². The van der Waals surface area contributed by atoms with Crippen LogP contribution in [0.4, 0.5) is 14.5 Å². The van der Waals surface area contributed by atoms with Gasteiger partial charge >= 0.3 is 0 Å². The average molecular weight is 387 g/mol. The summed E-state index contributed by atoms with van der Waals surface area (Å²) in [5.41, 5.74) is 1.77. The van der Waals surface area contributed by atoms with Gasteiger partial charge in [-0.15, -0.1) is 0 Å². The zero-order chi connectivity index (χ0) is 14.1. The molecule has 1 aliphatic rings. The van der Waals surface area contributed by atoms with Crippen LogP contribution in [0.15, 0.2) is 36.4 Å². The Labute approximate surface area is 129 Å². The molecule has 1 N–H and O–H groups in total. The first-order valence-corrected chi connectivity index (χ1v) is 7.34. The molecule has 1 heterocycles. The number of anilines is 1. The first-order chi connectivity index (χ1) is 9.61. The van der Waals surface area contributed by atoms with E-state index in [1.807, 2.05) is 0 Å². The van der Waals surface area contributed by atoms with Gasteiger partial charge < -0.3 is 10.1 Å². The number of rotatable bonds is 3. The van der Waals surface area contributed by atoms with Gasteiger partial charge in [-0.05, 0) is 59.0 Å². The summed E-state index contributed by atoms with van der Waals surface area (Å²) in [6.45, 7) is 0.595. The largest absolute Gasteiger partial charge is 0.488 e. The van der Waals surface area contributed by atoms with Crippen molar-refractivity contribution in [2.75, 3.05) is 11.9 Å². The standard InChI is InChI=1S/C15H12F2INO/c16-10-2-4-15-9(5-10)6-12(20-15)8-19-14-3-1-11(17)7-13(14)18/h1-5,7,12,19H,6,8H2. The van der Waals surface area contributed by atoms with Crippen molar-refractivity contribution in [2.24, 2.45) is 0 Å². The van der Waals surface area contributed by atoms with Crippen LogP contribution in [0, 0.1) is 15.2 Å². The highest BCUT2D eigenvalue weighted by Gasteiger charge is 2.23. The molecule has 1 aliphatic heterocycles. The minimum Gasteiger partial charge on any atom is -0.488 e. The number of hydrogen-bond acceptors (Lipinski definition) is 2. The van der Waals surface area contributed by atoms with Gasteiger partial charge in [-0.25, -0.2) is 8.78 Å². The van der Waals surface area contributed by atoms with Crippen molar-refractivity contribution in [3.8, 4) is 5.75 Å². The van der Waals surface area contributed by atoms with Gasteiger partial charge in [-0.2, -0.15) is 0 Å². The Balaban J connectivity index is 1.63. The number of ether oxygens (including phenoxy) is 1. The number of halogens is 3. The maximum atomic E-state index is 13.1. The minimum atomic E-state index is -0.250. The second kappa shape index (κ2) is 5.55. The molecule has 2 aromatic carbocycles. The predicted molar refractivity (Wildman–Crippen MR) is 82.1 cm³/mol. The van der Waals surface area contributed by atoms with Crippen molar-refractivity contribution in [1.29, 1.82) is 0 Å². The molecule has 0 amide bonds. The maximum absolute atomic E-state index is 13.1. The van der Waals surface area contributed by atoms with E-state index in [4.69, 9.17) is 4.74 Å². The van der Waals surface area contributed by atoms with Crippen LogP contribution in [-0.2, 0) is 6.42 Å². The molecule has 0 spiro atoms. The Kier molecular flexibility index (Phi) is 3.78. The topological polar surface area (TPSA) is 21.3 Å². The van der Waals surface area contributed by atoms with Crippen LogP contribution in [0.1, 0.15) is 5.56 Å². The molecule has 1 unspecified atom stereocenters. The van der Waals surface area contributed by atoms with E-state index >= 15 is 0 Å². The molecule has 0 fully saturated rings.